The predicted molar refractivity (Wildman–Crippen MR) is 71.5 cm³/mol. The number of hydrogen-bond acceptors (Lipinski definition) is 4. The first-order valence-electron chi connectivity index (χ1n) is 5.62. The van der Waals surface area contributed by atoms with Crippen LogP contribution in [0.1, 0.15) is 11.3 Å². The third kappa shape index (κ3) is 3.26. The molecule has 2 rings (SSSR count). The summed E-state index contributed by atoms with van der Waals surface area (Å²) in [5, 5.41) is 0.384. The second-order valence-electron chi connectivity index (χ2n) is 3.90. The molecule has 0 unspecified atom stereocenters. The van der Waals surface area contributed by atoms with Crippen LogP contribution in [0.5, 0.6) is 5.75 Å². The Labute approximate surface area is 115 Å². The minimum atomic E-state index is -0.490. The molecular weight excluding hydrogens is 268 g/mol. The monoisotopic (exact) mass is 280 g/mol. The van der Waals surface area contributed by atoms with Gasteiger partial charge < -0.3 is 9.57 Å². The maximum absolute atomic E-state index is 11.6. The van der Waals surface area contributed by atoms with E-state index in [-0.39, 0.29) is 6.61 Å². The van der Waals surface area contributed by atoms with Crippen LogP contribution in [0.15, 0.2) is 35.3 Å². The maximum atomic E-state index is 11.6. The summed E-state index contributed by atoms with van der Waals surface area (Å²) in [5.41, 5.74) is 0.899. The number of aryl methyl sites for hydroxylation is 1. The average molecular weight is 281 g/mol. The highest BCUT2D eigenvalue weighted by molar-refractivity contribution is 6.31. The van der Waals surface area contributed by atoms with Crippen LogP contribution in [0.4, 0.5) is 0 Å². The second kappa shape index (κ2) is 5.75. The molecule has 0 amide bonds. The molecule has 2 aromatic rings. The molecule has 0 saturated heterocycles. The summed E-state index contributed by atoms with van der Waals surface area (Å²) in [6.45, 7) is 1.91. The van der Waals surface area contributed by atoms with E-state index in [1.165, 1.54) is 6.20 Å². The zero-order chi connectivity index (χ0) is 13.8. The van der Waals surface area contributed by atoms with E-state index in [4.69, 9.17) is 21.2 Å². The van der Waals surface area contributed by atoms with Gasteiger partial charge in [-0.2, -0.15) is 4.98 Å². The van der Waals surface area contributed by atoms with Crippen LogP contribution < -0.4 is 15.3 Å². The number of nitrogens with zero attached hydrogens (tertiary/aromatic N) is 2. The fourth-order valence-electron chi connectivity index (χ4n) is 1.46. The van der Waals surface area contributed by atoms with Gasteiger partial charge >= 0.3 is 5.69 Å². The van der Waals surface area contributed by atoms with Crippen molar-refractivity contribution >= 4 is 11.6 Å². The quantitative estimate of drug-likeness (QED) is 0.858. The number of benzene rings is 1. The summed E-state index contributed by atoms with van der Waals surface area (Å²) in [6, 6.07) is 7.35. The number of ether oxygens (including phenoxy) is 1. The van der Waals surface area contributed by atoms with E-state index in [1.54, 1.807) is 14.0 Å². The van der Waals surface area contributed by atoms with Gasteiger partial charge in [-0.25, -0.2) is 4.79 Å². The van der Waals surface area contributed by atoms with E-state index in [9.17, 15) is 4.79 Å². The smallest absolute Gasteiger partial charge is 0.380 e. The Morgan fingerprint density at radius 3 is 2.63 bits per heavy atom. The standard InChI is InChI=1S/C13H13ClN2O3/c1-9-12(14)7-16(13(17)15-9)19-8-10-3-5-11(18-2)6-4-10/h3-7H,8H2,1-2H3. The van der Waals surface area contributed by atoms with Crippen molar-refractivity contribution in [3.63, 3.8) is 0 Å². The normalized spacial score (nSPS) is 10.3. The van der Waals surface area contributed by atoms with Gasteiger partial charge in [0.25, 0.3) is 0 Å². The molecule has 1 aromatic heterocycles. The molecule has 6 heteroatoms. The number of rotatable bonds is 4. The molecule has 0 aliphatic heterocycles. The fourth-order valence-corrected chi connectivity index (χ4v) is 1.59. The van der Waals surface area contributed by atoms with Gasteiger partial charge in [0.1, 0.15) is 12.4 Å². The van der Waals surface area contributed by atoms with Crippen molar-refractivity contribution in [2.45, 2.75) is 13.5 Å². The van der Waals surface area contributed by atoms with Crippen molar-refractivity contribution in [1.82, 2.24) is 9.71 Å². The van der Waals surface area contributed by atoms with Gasteiger partial charge in [0.05, 0.1) is 24.0 Å². The molecule has 0 saturated carbocycles. The second-order valence-corrected chi connectivity index (χ2v) is 4.31. The molecule has 1 heterocycles. The summed E-state index contributed by atoms with van der Waals surface area (Å²) < 4.78 is 6.08. The summed E-state index contributed by atoms with van der Waals surface area (Å²) >= 11 is 5.89. The topological polar surface area (TPSA) is 53.4 Å². The van der Waals surface area contributed by atoms with E-state index < -0.39 is 5.69 Å². The third-order valence-corrected chi connectivity index (χ3v) is 2.93. The first-order chi connectivity index (χ1) is 9.10. The van der Waals surface area contributed by atoms with E-state index in [0.717, 1.165) is 16.0 Å². The molecule has 100 valence electrons. The van der Waals surface area contributed by atoms with Gasteiger partial charge in [-0.15, -0.1) is 4.73 Å². The Balaban J connectivity index is 2.09. The largest absolute Gasteiger partial charge is 0.497 e. The van der Waals surface area contributed by atoms with Crippen LogP contribution in [0.3, 0.4) is 0 Å². The van der Waals surface area contributed by atoms with Crippen molar-refractivity contribution in [3.8, 4) is 5.75 Å². The Kier molecular flexibility index (Phi) is 4.06. The van der Waals surface area contributed by atoms with Gasteiger partial charge in [0, 0.05) is 0 Å². The van der Waals surface area contributed by atoms with Crippen LogP contribution in [-0.2, 0) is 6.61 Å². The van der Waals surface area contributed by atoms with Crippen molar-refractivity contribution in [3.05, 3.63) is 57.2 Å². The molecule has 0 radical (unpaired) electrons. The molecule has 19 heavy (non-hydrogen) atoms. The van der Waals surface area contributed by atoms with Gasteiger partial charge in [-0.3, -0.25) is 0 Å². The minimum Gasteiger partial charge on any atom is -0.497 e. The molecule has 5 nitrogen and oxygen atoms in total. The first kappa shape index (κ1) is 13.4. The number of methoxy groups -OCH3 is 1. The highest BCUT2D eigenvalue weighted by atomic mass is 35.5. The molecule has 0 fully saturated rings. The molecule has 0 spiro atoms. The van der Waals surface area contributed by atoms with Crippen molar-refractivity contribution in [1.29, 1.82) is 0 Å². The number of aromatic nitrogens is 2. The van der Waals surface area contributed by atoms with Crippen LogP contribution in [0.2, 0.25) is 5.02 Å². The predicted octanol–water partition coefficient (Wildman–Crippen LogP) is 1.84. The molecular formula is C13H13ClN2O3. The highest BCUT2D eigenvalue weighted by Gasteiger charge is 2.04. The number of hydrogen-bond donors (Lipinski definition) is 0. The van der Waals surface area contributed by atoms with E-state index in [0.29, 0.717) is 10.7 Å². The van der Waals surface area contributed by atoms with E-state index in [1.807, 2.05) is 24.3 Å². The molecule has 0 atom stereocenters. The minimum absolute atomic E-state index is 0.241. The first-order valence-corrected chi connectivity index (χ1v) is 6.00. The summed E-state index contributed by atoms with van der Waals surface area (Å²) in [4.78, 5) is 20.7. The van der Waals surface area contributed by atoms with Crippen LogP contribution in [-0.4, -0.2) is 16.8 Å². The van der Waals surface area contributed by atoms with Crippen molar-refractivity contribution in [2.24, 2.45) is 0 Å². The zero-order valence-electron chi connectivity index (χ0n) is 10.6. The average Bonchev–Trinajstić information content (AvgIpc) is 2.42. The SMILES string of the molecule is COc1ccc(COn2cc(Cl)c(C)nc2=O)cc1. The lowest BCUT2D eigenvalue weighted by atomic mass is 10.2. The Morgan fingerprint density at radius 1 is 1.32 bits per heavy atom. The van der Waals surface area contributed by atoms with Crippen molar-refractivity contribution < 1.29 is 9.57 Å². The van der Waals surface area contributed by atoms with Gasteiger partial charge in [0.2, 0.25) is 0 Å². The maximum Gasteiger partial charge on any atom is 0.380 e. The number of halogens is 1. The molecule has 0 aliphatic rings. The Hall–Kier alpha value is -2.01. The summed E-state index contributed by atoms with van der Waals surface area (Å²) in [6.07, 6.45) is 1.41. The molecule has 0 N–H and O–H groups in total. The lowest BCUT2D eigenvalue weighted by Crippen LogP contribution is -2.29. The van der Waals surface area contributed by atoms with E-state index in [2.05, 4.69) is 4.98 Å². The molecule has 0 aliphatic carbocycles. The summed E-state index contributed by atoms with van der Waals surface area (Å²) in [7, 11) is 1.60. The third-order valence-electron chi connectivity index (χ3n) is 2.56. The molecule has 1 aromatic carbocycles. The van der Waals surface area contributed by atoms with Gasteiger partial charge in [-0.1, -0.05) is 23.7 Å². The van der Waals surface area contributed by atoms with Crippen molar-refractivity contribution in [2.75, 3.05) is 7.11 Å². The van der Waals surface area contributed by atoms with Crippen LogP contribution in [0.25, 0.3) is 0 Å². The van der Waals surface area contributed by atoms with Gasteiger partial charge in [0.15, 0.2) is 0 Å². The van der Waals surface area contributed by atoms with Crippen LogP contribution in [0, 0.1) is 6.92 Å². The lowest BCUT2D eigenvalue weighted by Gasteiger charge is -2.09. The lowest BCUT2D eigenvalue weighted by molar-refractivity contribution is 0.0857. The van der Waals surface area contributed by atoms with E-state index >= 15 is 0 Å². The zero-order valence-corrected chi connectivity index (χ0v) is 11.3. The highest BCUT2D eigenvalue weighted by Crippen LogP contribution is 2.12. The van der Waals surface area contributed by atoms with Gasteiger partial charge in [-0.05, 0) is 24.6 Å². The Morgan fingerprint density at radius 2 is 2.00 bits per heavy atom. The molecule has 0 bridgehead atoms. The van der Waals surface area contributed by atoms with Crippen LogP contribution >= 0.6 is 11.6 Å². The Bertz CT molecular complexity index is 623. The fraction of sp³-hybridized carbons (Fsp3) is 0.231. The summed E-state index contributed by atoms with van der Waals surface area (Å²) in [5.74, 6) is 0.765.